The molecule has 0 aliphatic rings. The van der Waals surface area contributed by atoms with Crippen molar-refractivity contribution in [1.29, 1.82) is 0 Å². The van der Waals surface area contributed by atoms with Crippen LogP contribution in [0.25, 0.3) is 0 Å². The molecule has 0 atom stereocenters. The van der Waals surface area contributed by atoms with E-state index in [2.05, 4.69) is 4.74 Å². The monoisotopic (exact) mass is 454 g/mol. The summed E-state index contributed by atoms with van der Waals surface area (Å²) in [6, 6.07) is 0.365. The first-order valence-electron chi connectivity index (χ1n) is 6.84. The Kier molecular flexibility index (Phi) is 5.93. The van der Waals surface area contributed by atoms with E-state index in [-0.39, 0.29) is 12.1 Å². The Balaban J connectivity index is 3.52. The molecule has 0 unspecified atom stereocenters. The summed E-state index contributed by atoms with van der Waals surface area (Å²) in [4.78, 5) is 11.1. The summed E-state index contributed by atoms with van der Waals surface area (Å²) in [5.41, 5.74) is -2.77. The van der Waals surface area contributed by atoms with Crippen LogP contribution in [0.3, 0.4) is 0 Å². The SMILES string of the molecule is COC(=O)c1ccc(C(F)(F)C(F)(F)C(F)(F)C(F)(F)C(F)(F)C(F)(F)F)cc1. The van der Waals surface area contributed by atoms with Crippen molar-refractivity contribution >= 4 is 5.97 Å². The summed E-state index contributed by atoms with van der Waals surface area (Å²) < 4.78 is 174. The van der Waals surface area contributed by atoms with E-state index in [0.717, 1.165) is 7.11 Å². The number of ether oxygens (including phenoxy) is 1. The second kappa shape index (κ2) is 6.93. The van der Waals surface area contributed by atoms with Crippen LogP contribution in [0.2, 0.25) is 0 Å². The molecular weight excluding hydrogens is 447 g/mol. The lowest BCUT2D eigenvalue weighted by Crippen LogP contribution is -2.69. The largest absolute Gasteiger partial charge is 0.465 e. The van der Waals surface area contributed by atoms with Crippen molar-refractivity contribution in [3.8, 4) is 0 Å². The van der Waals surface area contributed by atoms with Gasteiger partial charge in [0.1, 0.15) is 0 Å². The topological polar surface area (TPSA) is 26.3 Å². The van der Waals surface area contributed by atoms with Crippen LogP contribution in [0.5, 0.6) is 0 Å². The van der Waals surface area contributed by atoms with Gasteiger partial charge in [-0.05, 0) is 12.1 Å². The average Bonchev–Trinajstić information content (AvgIpc) is 2.59. The third-order valence-corrected chi connectivity index (χ3v) is 3.60. The number of hydrogen-bond donors (Lipinski definition) is 0. The molecule has 0 saturated carbocycles. The van der Waals surface area contributed by atoms with Crippen molar-refractivity contribution in [2.24, 2.45) is 0 Å². The third-order valence-electron chi connectivity index (χ3n) is 3.60. The lowest BCUT2D eigenvalue weighted by Gasteiger charge is -2.39. The Morgan fingerprint density at radius 1 is 0.655 bits per heavy atom. The van der Waals surface area contributed by atoms with Gasteiger partial charge >= 0.3 is 41.8 Å². The number of hydrogen-bond acceptors (Lipinski definition) is 2. The van der Waals surface area contributed by atoms with Gasteiger partial charge in [0.25, 0.3) is 0 Å². The number of benzene rings is 1. The fraction of sp³-hybridized carbons (Fsp3) is 0.500. The van der Waals surface area contributed by atoms with Crippen LogP contribution in [0.1, 0.15) is 15.9 Å². The number of methoxy groups -OCH3 is 1. The van der Waals surface area contributed by atoms with Crippen LogP contribution in [0.4, 0.5) is 57.1 Å². The van der Waals surface area contributed by atoms with Crippen LogP contribution in [-0.2, 0) is 10.7 Å². The first-order chi connectivity index (χ1) is 12.7. The number of carbonyl (C=O) groups is 1. The highest BCUT2D eigenvalue weighted by Gasteiger charge is 2.90. The molecule has 0 aliphatic heterocycles. The Morgan fingerprint density at radius 2 is 1.03 bits per heavy atom. The van der Waals surface area contributed by atoms with Gasteiger partial charge in [-0.2, -0.15) is 57.1 Å². The molecule has 0 bridgehead atoms. The molecule has 166 valence electrons. The normalized spacial score (nSPS) is 14.7. The zero-order chi connectivity index (χ0) is 23.3. The molecule has 0 aliphatic carbocycles. The Morgan fingerprint density at radius 3 is 1.38 bits per heavy atom. The minimum atomic E-state index is -7.96. The summed E-state index contributed by atoms with van der Waals surface area (Å²) >= 11 is 0. The van der Waals surface area contributed by atoms with Crippen LogP contribution < -0.4 is 0 Å². The van der Waals surface area contributed by atoms with E-state index < -0.39 is 52.9 Å². The van der Waals surface area contributed by atoms with Crippen molar-refractivity contribution in [3.63, 3.8) is 0 Å². The predicted molar refractivity (Wildman–Crippen MR) is 67.5 cm³/mol. The lowest BCUT2D eigenvalue weighted by molar-refractivity contribution is -0.441. The predicted octanol–water partition coefficient (Wildman–Crippen LogP) is 5.67. The molecule has 0 fully saturated rings. The molecule has 0 radical (unpaired) electrons. The minimum Gasteiger partial charge on any atom is -0.465 e. The van der Waals surface area contributed by atoms with E-state index in [1.165, 1.54) is 0 Å². The van der Waals surface area contributed by atoms with E-state index in [1.807, 2.05) is 0 Å². The molecular formula is C14H7F13O2. The molecule has 0 spiro atoms. The third kappa shape index (κ3) is 3.47. The van der Waals surface area contributed by atoms with Gasteiger partial charge in [0.05, 0.1) is 12.7 Å². The van der Waals surface area contributed by atoms with Crippen molar-refractivity contribution in [2.75, 3.05) is 7.11 Å². The van der Waals surface area contributed by atoms with Gasteiger partial charge in [-0.1, -0.05) is 12.1 Å². The molecule has 1 rings (SSSR count). The molecule has 0 heterocycles. The maximum atomic E-state index is 13.9. The Bertz CT molecular complexity index is 750. The van der Waals surface area contributed by atoms with Gasteiger partial charge < -0.3 is 4.74 Å². The molecule has 29 heavy (non-hydrogen) atoms. The number of rotatable bonds is 6. The maximum absolute atomic E-state index is 13.9. The summed E-state index contributed by atoms with van der Waals surface area (Å²) in [5.74, 6) is -38.6. The van der Waals surface area contributed by atoms with Crippen LogP contribution in [0, 0.1) is 0 Å². The van der Waals surface area contributed by atoms with Crippen LogP contribution in [0.15, 0.2) is 24.3 Å². The van der Waals surface area contributed by atoms with E-state index in [9.17, 15) is 61.9 Å². The van der Waals surface area contributed by atoms with Gasteiger partial charge in [0.15, 0.2) is 0 Å². The number of halogens is 13. The smallest absolute Gasteiger partial charge is 0.460 e. The Labute approximate surface area is 152 Å². The number of esters is 1. The quantitative estimate of drug-likeness (QED) is 0.409. The fourth-order valence-electron chi connectivity index (χ4n) is 1.88. The molecule has 2 nitrogen and oxygen atoms in total. The number of carbonyl (C=O) groups excluding carboxylic acids is 1. The molecule has 1 aromatic carbocycles. The van der Waals surface area contributed by atoms with E-state index >= 15 is 0 Å². The fourth-order valence-corrected chi connectivity index (χ4v) is 1.88. The van der Waals surface area contributed by atoms with Crippen molar-refractivity contribution in [3.05, 3.63) is 35.4 Å². The molecule has 15 heteroatoms. The van der Waals surface area contributed by atoms with E-state index in [0.29, 0.717) is 12.1 Å². The molecule has 0 N–H and O–H groups in total. The summed E-state index contributed by atoms with van der Waals surface area (Å²) in [7, 11) is 0.808. The highest BCUT2D eigenvalue weighted by molar-refractivity contribution is 5.89. The van der Waals surface area contributed by atoms with Gasteiger partial charge in [0.2, 0.25) is 0 Å². The Hall–Kier alpha value is -2.22. The van der Waals surface area contributed by atoms with Crippen LogP contribution >= 0.6 is 0 Å². The van der Waals surface area contributed by atoms with Crippen LogP contribution in [-0.4, -0.2) is 42.9 Å². The summed E-state index contributed by atoms with van der Waals surface area (Å²) in [6.07, 6.45) is -7.46. The second-order valence-corrected chi connectivity index (χ2v) is 5.44. The molecule has 0 aromatic heterocycles. The van der Waals surface area contributed by atoms with Crippen molar-refractivity contribution in [1.82, 2.24) is 0 Å². The van der Waals surface area contributed by atoms with E-state index in [1.54, 1.807) is 0 Å². The van der Waals surface area contributed by atoms with Gasteiger partial charge in [-0.15, -0.1) is 0 Å². The first kappa shape index (κ1) is 24.8. The van der Waals surface area contributed by atoms with Gasteiger partial charge in [-0.3, -0.25) is 0 Å². The van der Waals surface area contributed by atoms with Gasteiger partial charge in [0, 0.05) is 5.56 Å². The van der Waals surface area contributed by atoms with E-state index in [4.69, 9.17) is 0 Å². The minimum absolute atomic E-state index is 0.129. The van der Waals surface area contributed by atoms with Crippen molar-refractivity contribution in [2.45, 2.75) is 35.8 Å². The highest BCUT2D eigenvalue weighted by atomic mass is 19.4. The standard InChI is InChI=1S/C14H7F13O2/c1-29-8(28)6-2-4-7(5-3-6)9(15,16)10(17,18)11(19,20)12(21,22)13(23,24)14(25,26)27/h2-5H,1H3. The second-order valence-electron chi connectivity index (χ2n) is 5.44. The average molecular weight is 454 g/mol. The molecule has 1 aromatic rings. The summed E-state index contributed by atoms with van der Waals surface area (Å²) in [6.45, 7) is 0. The first-order valence-corrected chi connectivity index (χ1v) is 6.84. The zero-order valence-electron chi connectivity index (χ0n) is 13.5. The summed E-state index contributed by atoms with van der Waals surface area (Å²) in [5, 5.41) is 0. The highest BCUT2D eigenvalue weighted by Crippen LogP contribution is 2.61. The maximum Gasteiger partial charge on any atom is 0.460 e. The zero-order valence-corrected chi connectivity index (χ0v) is 13.5. The molecule has 0 saturated heterocycles. The van der Waals surface area contributed by atoms with Crippen molar-refractivity contribution < 1.29 is 66.6 Å². The lowest BCUT2D eigenvalue weighted by atomic mass is 9.90. The number of alkyl halides is 13. The van der Waals surface area contributed by atoms with Gasteiger partial charge in [-0.25, -0.2) is 4.79 Å². The molecule has 0 amide bonds.